The first kappa shape index (κ1) is 10.0. The number of aliphatic hydroxyl groups excluding tert-OH is 1. The number of rotatable bonds is 3. The second-order valence-electron chi connectivity index (χ2n) is 3.49. The Morgan fingerprint density at radius 3 is 2.31 bits per heavy atom. The largest absolute Gasteiger partial charge is 0.388 e. The van der Waals surface area contributed by atoms with Gasteiger partial charge in [-0.3, -0.25) is 0 Å². The van der Waals surface area contributed by atoms with Crippen molar-refractivity contribution in [3.8, 4) is 0 Å². The van der Waals surface area contributed by atoms with Crippen molar-refractivity contribution < 1.29 is 5.11 Å². The molecule has 0 aromatic heterocycles. The summed E-state index contributed by atoms with van der Waals surface area (Å²) in [5, 5.41) is 9.90. The van der Waals surface area contributed by atoms with Crippen molar-refractivity contribution in [3.63, 3.8) is 0 Å². The van der Waals surface area contributed by atoms with Crippen LogP contribution < -0.4 is 0 Å². The highest BCUT2D eigenvalue weighted by Crippen LogP contribution is 2.25. The van der Waals surface area contributed by atoms with E-state index in [9.17, 15) is 5.11 Å². The number of hydrogen-bond donors (Lipinski definition) is 1. The van der Waals surface area contributed by atoms with E-state index in [4.69, 9.17) is 0 Å². The average Bonchev–Trinajstić information content (AvgIpc) is 2.17. The minimum atomic E-state index is -0.432. The quantitative estimate of drug-likeness (QED) is 0.702. The molecule has 1 N–H and O–H groups in total. The summed E-state index contributed by atoms with van der Waals surface area (Å²) in [5.74, 6) is 0.113. The summed E-state index contributed by atoms with van der Waals surface area (Å²) in [5.41, 5.74) is 1.97. The molecule has 1 rings (SSSR count). The van der Waals surface area contributed by atoms with E-state index in [0.717, 1.165) is 11.1 Å². The van der Waals surface area contributed by atoms with Crippen molar-refractivity contribution in [1.29, 1.82) is 0 Å². The van der Waals surface area contributed by atoms with Gasteiger partial charge in [0.05, 0.1) is 6.10 Å². The van der Waals surface area contributed by atoms with Gasteiger partial charge in [0, 0.05) is 5.92 Å². The lowest BCUT2D eigenvalue weighted by Crippen LogP contribution is -2.09. The molecular weight excluding hydrogens is 160 g/mol. The number of aliphatic hydroxyl groups is 1. The monoisotopic (exact) mass is 176 g/mol. The van der Waals surface area contributed by atoms with Gasteiger partial charge in [-0.25, -0.2) is 0 Å². The molecule has 1 aromatic carbocycles. The second-order valence-corrected chi connectivity index (χ2v) is 3.49. The normalized spacial score (nSPS) is 15.0. The summed E-state index contributed by atoms with van der Waals surface area (Å²) in [4.78, 5) is 0. The van der Waals surface area contributed by atoms with E-state index in [1.807, 2.05) is 44.2 Å². The predicted molar refractivity (Wildman–Crippen MR) is 55.4 cm³/mol. The summed E-state index contributed by atoms with van der Waals surface area (Å²) in [6.45, 7) is 7.77. The Bertz CT molecular complexity index is 276. The van der Waals surface area contributed by atoms with E-state index in [-0.39, 0.29) is 5.92 Å². The van der Waals surface area contributed by atoms with Crippen molar-refractivity contribution in [3.05, 3.63) is 48.0 Å². The maximum Gasteiger partial charge on any atom is 0.0852 e. The number of hydrogen-bond acceptors (Lipinski definition) is 1. The van der Waals surface area contributed by atoms with Crippen LogP contribution in [-0.4, -0.2) is 5.11 Å². The molecule has 1 heteroatoms. The maximum absolute atomic E-state index is 9.90. The van der Waals surface area contributed by atoms with Crippen molar-refractivity contribution in [2.24, 2.45) is 5.92 Å². The van der Waals surface area contributed by atoms with Gasteiger partial charge in [-0.15, -0.1) is 0 Å². The zero-order valence-electron chi connectivity index (χ0n) is 8.20. The minimum Gasteiger partial charge on any atom is -0.388 e. The summed E-state index contributed by atoms with van der Waals surface area (Å²) in [6.07, 6.45) is -0.432. The van der Waals surface area contributed by atoms with E-state index in [0.29, 0.717) is 0 Å². The Morgan fingerprint density at radius 1 is 1.31 bits per heavy atom. The molecule has 0 saturated carbocycles. The molecule has 0 radical (unpaired) electrons. The Kier molecular flexibility index (Phi) is 3.26. The van der Waals surface area contributed by atoms with Crippen LogP contribution >= 0.6 is 0 Å². The zero-order valence-corrected chi connectivity index (χ0v) is 8.20. The highest BCUT2D eigenvalue weighted by atomic mass is 16.3. The fourth-order valence-electron chi connectivity index (χ4n) is 1.21. The molecule has 0 spiro atoms. The van der Waals surface area contributed by atoms with Crippen LogP contribution in [0.5, 0.6) is 0 Å². The fraction of sp³-hybridized carbons (Fsp3) is 0.333. The lowest BCUT2D eigenvalue weighted by Gasteiger charge is -2.18. The van der Waals surface area contributed by atoms with E-state index in [1.165, 1.54) is 0 Å². The van der Waals surface area contributed by atoms with Gasteiger partial charge >= 0.3 is 0 Å². The highest BCUT2D eigenvalue weighted by molar-refractivity contribution is 5.20. The Balaban J connectivity index is 2.79. The SMILES string of the molecule is C=C(C)[C@H](C)[C@@H](O)c1ccccc1. The maximum atomic E-state index is 9.90. The Morgan fingerprint density at radius 2 is 1.85 bits per heavy atom. The van der Waals surface area contributed by atoms with Gasteiger partial charge in [-0.05, 0) is 12.5 Å². The topological polar surface area (TPSA) is 20.2 Å². The molecule has 0 amide bonds. The van der Waals surface area contributed by atoms with Gasteiger partial charge in [0.1, 0.15) is 0 Å². The molecule has 70 valence electrons. The van der Waals surface area contributed by atoms with Gasteiger partial charge in [0.2, 0.25) is 0 Å². The first-order chi connectivity index (χ1) is 6.13. The summed E-state index contributed by atoms with van der Waals surface area (Å²) in [7, 11) is 0. The summed E-state index contributed by atoms with van der Waals surface area (Å²) in [6, 6.07) is 9.68. The predicted octanol–water partition coefficient (Wildman–Crippen LogP) is 2.93. The highest BCUT2D eigenvalue weighted by Gasteiger charge is 2.15. The summed E-state index contributed by atoms with van der Waals surface area (Å²) < 4.78 is 0. The minimum absolute atomic E-state index is 0.113. The molecule has 0 aliphatic rings. The van der Waals surface area contributed by atoms with Crippen LogP contribution in [0.3, 0.4) is 0 Å². The third-order valence-corrected chi connectivity index (χ3v) is 2.39. The first-order valence-electron chi connectivity index (χ1n) is 4.51. The summed E-state index contributed by atoms with van der Waals surface area (Å²) >= 11 is 0. The van der Waals surface area contributed by atoms with E-state index >= 15 is 0 Å². The smallest absolute Gasteiger partial charge is 0.0852 e. The van der Waals surface area contributed by atoms with Crippen LogP contribution in [0.2, 0.25) is 0 Å². The third kappa shape index (κ3) is 2.43. The van der Waals surface area contributed by atoms with Crippen molar-refractivity contribution in [2.45, 2.75) is 20.0 Å². The lowest BCUT2D eigenvalue weighted by molar-refractivity contribution is 0.135. The molecule has 0 heterocycles. The second kappa shape index (κ2) is 4.24. The molecule has 0 fully saturated rings. The van der Waals surface area contributed by atoms with Gasteiger partial charge in [-0.2, -0.15) is 0 Å². The molecular formula is C12H16O. The lowest BCUT2D eigenvalue weighted by atomic mass is 9.92. The Labute approximate surface area is 79.7 Å². The average molecular weight is 176 g/mol. The molecule has 1 nitrogen and oxygen atoms in total. The van der Waals surface area contributed by atoms with Gasteiger partial charge in [0.25, 0.3) is 0 Å². The van der Waals surface area contributed by atoms with Crippen LogP contribution in [-0.2, 0) is 0 Å². The van der Waals surface area contributed by atoms with Crippen LogP contribution in [0.25, 0.3) is 0 Å². The van der Waals surface area contributed by atoms with Gasteiger partial charge < -0.3 is 5.11 Å². The van der Waals surface area contributed by atoms with Crippen LogP contribution in [0.1, 0.15) is 25.5 Å². The Hall–Kier alpha value is -1.08. The molecule has 2 atom stereocenters. The fourth-order valence-corrected chi connectivity index (χ4v) is 1.21. The number of benzene rings is 1. The van der Waals surface area contributed by atoms with Gasteiger partial charge in [-0.1, -0.05) is 49.4 Å². The van der Waals surface area contributed by atoms with Crippen molar-refractivity contribution >= 4 is 0 Å². The first-order valence-corrected chi connectivity index (χ1v) is 4.51. The molecule has 0 aliphatic heterocycles. The zero-order chi connectivity index (χ0) is 9.84. The molecule has 0 saturated heterocycles. The van der Waals surface area contributed by atoms with Crippen molar-refractivity contribution in [1.82, 2.24) is 0 Å². The van der Waals surface area contributed by atoms with E-state index in [2.05, 4.69) is 6.58 Å². The molecule has 0 aliphatic carbocycles. The van der Waals surface area contributed by atoms with E-state index in [1.54, 1.807) is 0 Å². The standard InChI is InChI=1S/C12H16O/c1-9(2)10(3)12(13)11-7-5-4-6-8-11/h4-8,10,12-13H,1H2,2-3H3/t10-,12+/m0/s1. The van der Waals surface area contributed by atoms with Crippen LogP contribution in [0, 0.1) is 5.92 Å². The molecule has 13 heavy (non-hydrogen) atoms. The van der Waals surface area contributed by atoms with Gasteiger partial charge in [0.15, 0.2) is 0 Å². The van der Waals surface area contributed by atoms with Crippen molar-refractivity contribution in [2.75, 3.05) is 0 Å². The van der Waals surface area contributed by atoms with E-state index < -0.39 is 6.10 Å². The molecule has 0 bridgehead atoms. The molecule has 1 aromatic rings. The van der Waals surface area contributed by atoms with Crippen LogP contribution in [0.4, 0.5) is 0 Å². The van der Waals surface area contributed by atoms with Crippen LogP contribution in [0.15, 0.2) is 42.5 Å². The molecule has 0 unspecified atom stereocenters. The third-order valence-electron chi connectivity index (χ3n) is 2.39.